The number of carbonyl (C=O) groups is 2. The van der Waals surface area contributed by atoms with E-state index in [0.29, 0.717) is 24.3 Å². The van der Waals surface area contributed by atoms with Crippen molar-refractivity contribution in [3.05, 3.63) is 17.5 Å². The smallest absolute Gasteiger partial charge is 0.329 e. The number of hydrogen-bond acceptors (Lipinski definition) is 3. The van der Waals surface area contributed by atoms with Crippen LogP contribution in [0.1, 0.15) is 87.8 Å². The van der Waals surface area contributed by atoms with Gasteiger partial charge in [-0.3, -0.25) is 9.48 Å². The van der Waals surface area contributed by atoms with Gasteiger partial charge in [0.15, 0.2) is 0 Å². The molecule has 0 unspecified atom stereocenters. The number of rotatable bonds is 7. The predicted octanol–water partition coefficient (Wildman–Crippen LogP) is 3.71. The van der Waals surface area contributed by atoms with E-state index in [1.54, 1.807) is 6.20 Å². The van der Waals surface area contributed by atoms with E-state index in [1.807, 2.05) is 11.6 Å². The molecule has 1 saturated carbocycles. The molecule has 1 heterocycles. The fraction of sp³-hybridized carbons (Fsp3) is 0.737. The quantitative estimate of drug-likeness (QED) is 0.786. The van der Waals surface area contributed by atoms with Crippen molar-refractivity contribution in [1.82, 2.24) is 15.1 Å². The van der Waals surface area contributed by atoms with Crippen LogP contribution in [0.15, 0.2) is 6.20 Å². The molecule has 1 fully saturated rings. The third kappa shape index (κ3) is 3.88. The lowest BCUT2D eigenvalue weighted by molar-refractivity contribution is -0.146. The van der Waals surface area contributed by atoms with Crippen molar-refractivity contribution >= 4 is 11.9 Å². The van der Waals surface area contributed by atoms with Crippen LogP contribution < -0.4 is 5.32 Å². The van der Waals surface area contributed by atoms with Crippen LogP contribution in [-0.2, 0) is 4.79 Å². The van der Waals surface area contributed by atoms with E-state index >= 15 is 0 Å². The van der Waals surface area contributed by atoms with Gasteiger partial charge in [0.05, 0.1) is 17.8 Å². The topological polar surface area (TPSA) is 84.2 Å². The largest absolute Gasteiger partial charge is 0.480 e. The number of carboxylic acids is 1. The monoisotopic (exact) mass is 349 g/mol. The van der Waals surface area contributed by atoms with Crippen molar-refractivity contribution < 1.29 is 14.7 Å². The number of aliphatic carboxylic acids is 1. The molecule has 0 aliphatic heterocycles. The highest BCUT2D eigenvalue weighted by atomic mass is 16.4. The molecular weight excluding hydrogens is 318 g/mol. The lowest BCUT2D eigenvalue weighted by Gasteiger charge is -2.37. The number of amides is 1. The minimum atomic E-state index is -1.15. The molecule has 0 bridgehead atoms. The molecule has 0 radical (unpaired) electrons. The van der Waals surface area contributed by atoms with E-state index in [4.69, 9.17) is 0 Å². The zero-order valence-electron chi connectivity index (χ0n) is 15.8. The normalized spacial score (nSPS) is 23.6. The highest BCUT2D eigenvalue weighted by Gasteiger charge is 2.43. The molecule has 0 atom stereocenters. The Bertz CT molecular complexity index is 611. The predicted molar refractivity (Wildman–Crippen MR) is 96.7 cm³/mol. The second-order valence-corrected chi connectivity index (χ2v) is 7.25. The van der Waals surface area contributed by atoms with Crippen molar-refractivity contribution in [3.8, 4) is 0 Å². The van der Waals surface area contributed by atoms with Gasteiger partial charge in [0.1, 0.15) is 5.54 Å². The Morgan fingerprint density at radius 1 is 1.32 bits per heavy atom. The van der Waals surface area contributed by atoms with E-state index in [2.05, 4.69) is 31.2 Å². The zero-order valence-corrected chi connectivity index (χ0v) is 15.8. The highest BCUT2D eigenvalue weighted by molar-refractivity contribution is 5.98. The van der Waals surface area contributed by atoms with Gasteiger partial charge in [0, 0.05) is 5.69 Å². The summed E-state index contributed by atoms with van der Waals surface area (Å²) in [7, 11) is 0. The summed E-state index contributed by atoms with van der Waals surface area (Å²) in [6.45, 7) is 8.20. The summed E-state index contributed by atoms with van der Waals surface area (Å²) in [5.74, 6) is -0.698. The van der Waals surface area contributed by atoms with Gasteiger partial charge in [-0.05, 0) is 51.4 Å². The molecule has 0 saturated heterocycles. The average molecular weight is 349 g/mol. The molecule has 1 aliphatic rings. The number of nitrogens with zero attached hydrogens (tertiary/aromatic N) is 2. The molecule has 1 aromatic heterocycles. The van der Waals surface area contributed by atoms with Gasteiger partial charge in [-0.25, -0.2) is 4.79 Å². The van der Waals surface area contributed by atoms with Crippen LogP contribution in [0.2, 0.25) is 0 Å². The van der Waals surface area contributed by atoms with Gasteiger partial charge in [-0.15, -0.1) is 0 Å². The van der Waals surface area contributed by atoms with E-state index < -0.39 is 11.5 Å². The van der Waals surface area contributed by atoms with Crippen LogP contribution in [0.3, 0.4) is 0 Å². The SMILES string of the molecule is CCC1CCC(NC(=O)c2cnn(C(CC)CC)c2C)(C(=O)O)CC1. The summed E-state index contributed by atoms with van der Waals surface area (Å²) in [5, 5.41) is 17.0. The Morgan fingerprint density at radius 2 is 1.92 bits per heavy atom. The van der Waals surface area contributed by atoms with Gasteiger partial charge >= 0.3 is 5.97 Å². The fourth-order valence-corrected chi connectivity index (χ4v) is 3.90. The van der Waals surface area contributed by atoms with Crippen molar-refractivity contribution in [2.75, 3.05) is 0 Å². The van der Waals surface area contributed by atoms with E-state index in [9.17, 15) is 14.7 Å². The van der Waals surface area contributed by atoms with Crippen LogP contribution in [-0.4, -0.2) is 32.3 Å². The summed E-state index contributed by atoms with van der Waals surface area (Å²) >= 11 is 0. The first kappa shape index (κ1) is 19.5. The van der Waals surface area contributed by atoms with Gasteiger partial charge in [0.2, 0.25) is 0 Å². The van der Waals surface area contributed by atoms with Gasteiger partial charge in [-0.1, -0.05) is 27.2 Å². The van der Waals surface area contributed by atoms with Crippen molar-refractivity contribution in [3.63, 3.8) is 0 Å². The maximum atomic E-state index is 12.8. The Balaban J connectivity index is 2.19. The fourth-order valence-electron chi connectivity index (χ4n) is 3.90. The summed E-state index contributed by atoms with van der Waals surface area (Å²) in [4.78, 5) is 24.7. The molecule has 1 aromatic rings. The third-order valence-electron chi connectivity index (χ3n) is 5.88. The molecule has 2 N–H and O–H groups in total. The van der Waals surface area contributed by atoms with E-state index in [1.165, 1.54) is 0 Å². The molecule has 25 heavy (non-hydrogen) atoms. The number of carbonyl (C=O) groups excluding carboxylic acids is 1. The number of carboxylic acid groups (broad SMARTS) is 1. The lowest BCUT2D eigenvalue weighted by atomic mass is 9.75. The van der Waals surface area contributed by atoms with E-state index in [0.717, 1.165) is 37.8 Å². The van der Waals surface area contributed by atoms with Crippen LogP contribution in [0.5, 0.6) is 0 Å². The van der Waals surface area contributed by atoms with Crippen molar-refractivity contribution in [2.45, 2.75) is 84.2 Å². The van der Waals surface area contributed by atoms with Crippen LogP contribution in [0.4, 0.5) is 0 Å². The Hall–Kier alpha value is -1.85. The van der Waals surface area contributed by atoms with Crippen molar-refractivity contribution in [2.24, 2.45) is 5.92 Å². The average Bonchev–Trinajstić information content (AvgIpc) is 2.98. The Morgan fingerprint density at radius 3 is 2.40 bits per heavy atom. The molecule has 6 nitrogen and oxygen atoms in total. The van der Waals surface area contributed by atoms with Crippen LogP contribution in [0, 0.1) is 12.8 Å². The lowest BCUT2D eigenvalue weighted by Crippen LogP contribution is -2.56. The minimum absolute atomic E-state index is 0.259. The van der Waals surface area contributed by atoms with Gasteiger partial charge in [0.25, 0.3) is 5.91 Å². The summed E-state index contributed by atoms with van der Waals surface area (Å²) in [6, 6.07) is 0.259. The highest BCUT2D eigenvalue weighted by Crippen LogP contribution is 2.34. The van der Waals surface area contributed by atoms with Crippen LogP contribution >= 0.6 is 0 Å². The first-order chi connectivity index (χ1) is 11.9. The number of hydrogen-bond donors (Lipinski definition) is 2. The molecule has 0 spiro atoms. The number of nitrogens with one attached hydrogen (secondary N) is 1. The maximum Gasteiger partial charge on any atom is 0.329 e. The molecule has 6 heteroatoms. The molecule has 140 valence electrons. The number of aromatic nitrogens is 2. The maximum absolute atomic E-state index is 12.8. The molecule has 1 amide bonds. The first-order valence-corrected chi connectivity index (χ1v) is 9.48. The molecule has 2 rings (SSSR count). The molecular formula is C19H31N3O3. The first-order valence-electron chi connectivity index (χ1n) is 9.48. The second-order valence-electron chi connectivity index (χ2n) is 7.25. The zero-order chi connectivity index (χ0) is 18.6. The Kier molecular flexibility index (Phi) is 6.25. The van der Waals surface area contributed by atoms with Gasteiger partial charge < -0.3 is 10.4 Å². The minimum Gasteiger partial charge on any atom is -0.480 e. The standard InChI is InChI=1S/C19H31N3O3/c1-5-14-8-10-19(11-9-14,18(24)25)21-17(23)16-12-20-22(13(16)4)15(6-2)7-3/h12,14-15H,5-11H2,1-4H3,(H,21,23)(H,24,25). The second kappa shape index (κ2) is 8.02. The Labute approximate surface area is 150 Å². The molecule has 1 aliphatic carbocycles. The molecule has 0 aromatic carbocycles. The van der Waals surface area contributed by atoms with Crippen molar-refractivity contribution in [1.29, 1.82) is 0 Å². The van der Waals surface area contributed by atoms with E-state index in [-0.39, 0.29) is 11.9 Å². The van der Waals surface area contributed by atoms with Crippen LogP contribution in [0.25, 0.3) is 0 Å². The van der Waals surface area contributed by atoms with Gasteiger partial charge in [-0.2, -0.15) is 5.10 Å². The summed E-state index contributed by atoms with van der Waals surface area (Å²) < 4.78 is 1.89. The third-order valence-corrected chi connectivity index (χ3v) is 5.88. The summed E-state index contributed by atoms with van der Waals surface area (Å²) in [5.41, 5.74) is 0.130. The summed E-state index contributed by atoms with van der Waals surface area (Å²) in [6.07, 6.45) is 7.18.